The van der Waals surface area contributed by atoms with Gasteiger partial charge in [0.1, 0.15) is 0 Å². The van der Waals surface area contributed by atoms with Gasteiger partial charge in [0.15, 0.2) is 0 Å². The molecule has 0 saturated carbocycles. The van der Waals surface area contributed by atoms with Crippen LogP contribution in [0.5, 0.6) is 0 Å². The fourth-order valence-electron chi connectivity index (χ4n) is 1.54. The van der Waals surface area contributed by atoms with Crippen LogP contribution in [0.4, 0.5) is 10.5 Å². The molecule has 0 aromatic carbocycles. The van der Waals surface area contributed by atoms with Gasteiger partial charge in [0.25, 0.3) is 0 Å². The third-order valence-corrected chi connectivity index (χ3v) is 2.25. The monoisotopic (exact) mass is 237 g/mol. The molecule has 0 fully saturated rings. The minimum atomic E-state index is -0.309. The molecule has 3 N–H and O–H groups in total. The number of aliphatic hydroxyl groups is 1. The molecule has 0 aliphatic rings. The molecule has 1 atom stereocenters. The molecule has 0 unspecified atom stereocenters. The Morgan fingerprint density at radius 1 is 1.41 bits per heavy atom. The smallest absolute Gasteiger partial charge is 0.319 e. The number of nitrogens with zero attached hydrogens (tertiary/aromatic N) is 1. The van der Waals surface area contributed by atoms with Gasteiger partial charge in [0.05, 0.1) is 12.6 Å². The minimum Gasteiger partial charge on any atom is -0.394 e. The van der Waals surface area contributed by atoms with Crippen molar-refractivity contribution in [2.75, 3.05) is 11.9 Å². The lowest BCUT2D eigenvalue weighted by molar-refractivity contribution is 0.214. The fourth-order valence-corrected chi connectivity index (χ4v) is 1.54. The number of carbonyl (C=O) groups excluding carboxylic acids is 1. The summed E-state index contributed by atoms with van der Waals surface area (Å²) in [6.45, 7) is 4.04. The number of urea groups is 1. The molecule has 5 nitrogen and oxygen atoms in total. The number of nitrogens with one attached hydrogen (secondary N) is 2. The Kier molecular flexibility index (Phi) is 5.42. The van der Waals surface area contributed by atoms with E-state index in [1.54, 1.807) is 24.5 Å². The Bertz CT molecular complexity index is 341. The van der Waals surface area contributed by atoms with Crippen molar-refractivity contribution in [3.8, 4) is 0 Å². The molecule has 0 saturated heterocycles. The first-order chi connectivity index (χ1) is 8.11. The second-order valence-corrected chi connectivity index (χ2v) is 4.34. The molecular weight excluding hydrogens is 218 g/mol. The zero-order valence-electron chi connectivity index (χ0n) is 10.2. The van der Waals surface area contributed by atoms with Crippen molar-refractivity contribution >= 4 is 11.7 Å². The summed E-state index contributed by atoms with van der Waals surface area (Å²) in [4.78, 5) is 15.5. The van der Waals surface area contributed by atoms with E-state index < -0.39 is 0 Å². The van der Waals surface area contributed by atoms with Crippen LogP contribution in [0.3, 0.4) is 0 Å². The highest BCUT2D eigenvalue weighted by molar-refractivity contribution is 5.89. The summed E-state index contributed by atoms with van der Waals surface area (Å²) >= 11 is 0. The molecule has 1 rings (SSSR count). The lowest BCUT2D eigenvalue weighted by Gasteiger charge is -2.18. The van der Waals surface area contributed by atoms with E-state index in [1.807, 2.05) is 13.8 Å². The predicted molar refractivity (Wildman–Crippen MR) is 66.7 cm³/mol. The lowest BCUT2D eigenvalue weighted by Crippen LogP contribution is -2.40. The first kappa shape index (κ1) is 13.4. The number of hydrogen-bond donors (Lipinski definition) is 3. The highest BCUT2D eigenvalue weighted by atomic mass is 16.3. The van der Waals surface area contributed by atoms with Crippen molar-refractivity contribution in [3.05, 3.63) is 24.5 Å². The zero-order valence-corrected chi connectivity index (χ0v) is 10.2. The van der Waals surface area contributed by atoms with Crippen molar-refractivity contribution in [3.63, 3.8) is 0 Å². The summed E-state index contributed by atoms with van der Waals surface area (Å²) in [7, 11) is 0. The SMILES string of the molecule is CC(C)C[C@@H](CO)NC(=O)Nc1ccncc1. The molecule has 0 aliphatic carbocycles. The van der Waals surface area contributed by atoms with E-state index in [4.69, 9.17) is 5.11 Å². The van der Waals surface area contributed by atoms with Crippen LogP contribution in [0.2, 0.25) is 0 Å². The van der Waals surface area contributed by atoms with Crippen LogP contribution in [0, 0.1) is 5.92 Å². The van der Waals surface area contributed by atoms with Crippen molar-refractivity contribution in [2.45, 2.75) is 26.3 Å². The van der Waals surface area contributed by atoms with Gasteiger partial charge < -0.3 is 15.7 Å². The van der Waals surface area contributed by atoms with E-state index in [0.29, 0.717) is 11.6 Å². The second kappa shape index (κ2) is 6.85. The average molecular weight is 237 g/mol. The standard InChI is InChI=1S/C12H19N3O2/c1-9(2)7-11(8-16)15-12(17)14-10-3-5-13-6-4-10/h3-6,9,11,16H,7-8H2,1-2H3,(H2,13,14,15,17)/t11-/m0/s1. The quantitative estimate of drug-likeness (QED) is 0.728. The number of anilines is 1. The first-order valence-electron chi connectivity index (χ1n) is 5.70. The van der Waals surface area contributed by atoms with Gasteiger partial charge in [-0.3, -0.25) is 4.98 Å². The minimum absolute atomic E-state index is 0.0536. The Balaban J connectivity index is 2.43. The van der Waals surface area contributed by atoms with E-state index in [0.717, 1.165) is 6.42 Å². The van der Waals surface area contributed by atoms with Crippen LogP contribution >= 0.6 is 0 Å². The molecule has 1 aromatic rings. The molecule has 0 spiro atoms. The highest BCUT2D eigenvalue weighted by Gasteiger charge is 2.12. The number of pyridine rings is 1. The summed E-state index contributed by atoms with van der Waals surface area (Å²) in [6.07, 6.45) is 3.96. The van der Waals surface area contributed by atoms with Crippen molar-refractivity contribution < 1.29 is 9.90 Å². The maximum Gasteiger partial charge on any atom is 0.319 e. The van der Waals surface area contributed by atoms with Gasteiger partial charge in [0.2, 0.25) is 0 Å². The maximum atomic E-state index is 11.6. The largest absolute Gasteiger partial charge is 0.394 e. The molecule has 2 amide bonds. The Labute approximate surface area is 101 Å². The highest BCUT2D eigenvalue weighted by Crippen LogP contribution is 2.06. The first-order valence-corrected chi connectivity index (χ1v) is 5.70. The Morgan fingerprint density at radius 2 is 2.06 bits per heavy atom. The Hall–Kier alpha value is -1.62. The number of amides is 2. The van der Waals surface area contributed by atoms with Crippen molar-refractivity contribution in [1.82, 2.24) is 10.3 Å². The summed E-state index contributed by atoms with van der Waals surface area (Å²) < 4.78 is 0. The third kappa shape index (κ3) is 5.31. The third-order valence-electron chi connectivity index (χ3n) is 2.25. The molecule has 5 heteroatoms. The molecular formula is C12H19N3O2. The van der Waals surface area contributed by atoms with Gasteiger partial charge in [-0.05, 0) is 24.5 Å². The van der Waals surface area contributed by atoms with E-state index in [-0.39, 0.29) is 18.7 Å². The normalized spacial score (nSPS) is 12.2. The Morgan fingerprint density at radius 3 is 2.59 bits per heavy atom. The molecule has 1 aromatic heterocycles. The molecule has 17 heavy (non-hydrogen) atoms. The number of hydrogen-bond acceptors (Lipinski definition) is 3. The number of rotatable bonds is 5. The van der Waals surface area contributed by atoms with Gasteiger partial charge >= 0.3 is 6.03 Å². The van der Waals surface area contributed by atoms with Crippen molar-refractivity contribution in [1.29, 1.82) is 0 Å². The van der Waals surface area contributed by atoms with E-state index in [1.165, 1.54) is 0 Å². The van der Waals surface area contributed by atoms with E-state index in [2.05, 4.69) is 15.6 Å². The fraction of sp³-hybridized carbons (Fsp3) is 0.500. The van der Waals surface area contributed by atoms with Gasteiger partial charge in [-0.1, -0.05) is 13.8 Å². The van der Waals surface area contributed by atoms with Crippen LogP contribution < -0.4 is 10.6 Å². The van der Waals surface area contributed by atoms with Crippen LogP contribution in [0.25, 0.3) is 0 Å². The zero-order chi connectivity index (χ0) is 12.7. The van der Waals surface area contributed by atoms with Crippen LogP contribution in [-0.2, 0) is 0 Å². The summed E-state index contributed by atoms with van der Waals surface area (Å²) in [6, 6.07) is 2.89. The lowest BCUT2D eigenvalue weighted by atomic mass is 10.0. The van der Waals surface area contributed by atoms with Gasteiger partial charge in [0, 0.05) is 18.1 Å². The summed E-state index contributed by atoms with van der Waals surface area (Å²) in [5.41, 5.74) is 0.679. The number of carbonyl (C=O) groups is 1. The number of aromatic nitrogens is 1. The second-order valence-electron chi connectivity index (χ2n) is 4.34. The predicted octanol–water partition coefficient (Wildman–Crippen LogP) is 1.61. The number of aliphatic hydroxyl groups excluding tert-OH is 1. The molecule has 94 valence electrons. The van der Waals surface area contributed by atoms with Crippen LogP contribution in [0.1, 0.15) is 20.3 Å². The topological polar surface area (TPSA) is 74.2 Å². The van der Waals surface area contributed by atoms with E-state index >= 15 is 0 Å². The molecule has 0 radical (unpaired) electrons. The van der Waals surface area contributed by atoms with Crippen LogP contribution in [-0.4, -0.2) is 28.8 Å². The van der Waals surface area contributed by atoms with Gasteiger partial charge in [-0.25, -0.2) is 4.79 Å². The molecule has 0 aliphatic heterocycles. The molecule has 1 heterocycles. The van der Waals surface area contributed by atoms with Crippen molar-refractivity contribution in [2.24, 2.45) is 5.92 Å². The summed E-state index contributed by atoms with van der Waals surface area (Å²) in [5, 5.41) is 14.5. The van der Waals surface area contributed by atoms with Crippen LogP contribution in [0.15, 0.2) is 24.5 Å². The van der Waals surface area contributed by atoms with Gasteiger partial charge in [-0.2, -0.15) is 0 Å². The summed E-state index contributed by atoms with van der Waals surface area (Å²) in [5.74, 6) is 0.424. The average Bonchev–Trinajstić information content (AvgIpc) is 2.28. The van der Waals surface area contributed by atoms with Gasteiger partial charge in [-0.15, -0.1) is 0 Å². The molecule has 0 bridgehead atoms. The maximum absolute atomic E-state index is 11.6. The van der Waals surface area contributed by atoms with E-state index in [9.17, 15) is 4.79 Å².